The zero-order valence-corrected chi connectivity index (χ0v) is 7.26. The van der Waals surface area contributed by atoms with Crippen LogP contribution >= 0.6 is 0 Å². The zero-order valence-electron chi connectivity index (χ0n) is 7.26. The summed E-state index contributed by atoms with van der Waals surface area (Å²) in [6.07, 6.45) is 4.89. The second-order valence-electron chi connectivity index (χ2n) is 2.28. The molecule has 0 saturated carbocycles. The summed E-state index contributed by atoms with van der Waals surface area (Å²) in [7, 11) is 1.57. The Morgan fingerprint density at radius 1 is 1.55 bits per heavy atom. The highest BCUT2D eigenvalue weighted by molar-refractivity contribution is 5.65. The van der Waals surface area contributed by atoms with E-state index in [-0.39, 0.29) is 0 Å². The van der Waals surface area contributed by atoms with E-state index >= 15 is 0 Å². The summed E-state index contributed by atoms with van der Waals surface area (Å²) in [5, 5.41) is 0. The summed E-state index contributed by atoms with van der Waals surface area (Å²) < 4.78 is 4.95. The molecule has 11 heavy (non-hydrogen) atoms. The molecule has 0 aromatic rings. The van der Waals surface area contributed by atoms with Crippen molar-refractivity contribution in [1.29, 1.82) is 0 Å². The minimum Gasteiger partial charge on any atom is -0.501 e. The fourth-order valence-corrected chi connectivity index (χ4v) is 0.652. The molecule has 0 aromatic carbocycles. The van der Waals surface area contributed by atoms with Gasteiger partial charge in [0, 0.05) is 12.5 Å². The average molecular weight is 154 g/mol. The molecule has 0 aliphatic rings. The van der Waals surface area contributed by atoms with E-state index in [1.165, 1.54) is 11.6 Å². The number of allylic oxidation sites excluding steroid dienone is 3. The second kappa shape index (κ2) is 5.71. The number of rotatable bonds is 4. The molecule has 0 aromatic heterocycles. The minimum absolute atomic E-state index is 0.704. The third-order valence-corrected chi connectivity index (χ3v) is 1.46. The van der Waals surface area contributed by atoms with Gasteiger partial charge in [-0.2, -0.15) is 0 Å². The van der Waals surface area contributed by atoms with Crippen molar-refractivity contribution >= 4 is 6.29 Å². The molecule has 0 N–H and O–H groups in total. The van der Waals surface area contributed by atoms with Gasteiger partial charge in [0.15, 0.2) is 0 Å². The van der Waals surface area contributed by atoms with E-state index in [2.05, 4.69) is 0 Å². The van der Waals surface area contributed by atoms with Crippen LogP contribution in [0.4, 0.5) is 0 Å². The van der Waals surface area contributed by atoms with Gasteiger partial charge in [-0.25, -0.2) is 0 Å². The van der Waals surface area contributed by atoms with Crippen molar-refractivity contribution in [2.24, 2.45) is 0 Å². The predicted octanol–water partition coefficient (Wildman–Crippen LogP) is 2.07. The van der Waals surface area contributed by atoms with Crippen molar-refractivity contribution in [3.8, 4) is 0 Å². The first-order valence-corrected chi connectivity index (χ1v) is 3.54. The lowest BCUT2D eigenvalue weighted by Gasteiger charge is -2.03. The van der Waals surface area contributed by atoms with E-state index in [9.17, 15) is 4.79 Å². The standard InChI is InChI=1S/C9H14O2/c1-4-8(2)7-9(11-3)5-6-10/h4-6H,7H2,1-3H3/b8-4-,9-5+. The summed E-state index contributed by atoms with van der Waals surface area (Å²) in [5.74, 6) is 0.704. The van der Waals surface area contributed by atoms with Crippen molar-refractivity contribution in [3.05, 3.63) is 23.5 Å². The van der Waals surface area contributed by atoms with Gasteiger partial charge in [-0.15, -0.1) is 0 Å². The maximum atomic E-state index is 10.1. The third kappa shape index (κ3) is 4.37. The fourth-order valence-electron chi connectivity index (χ4n) is 0.652. The molecule has 2 heteroatoms. The highest BCUT2D eigenvalue weighted by atomic mass is 16.5. The molecule has 0 saturated heterocycles. The summed E-state index contributed by atoms with van der Waals surface area (Å²) in [6, 6.07) is 0. The van der Waals surface area contributed by atoms with Crippen LogP contribution in [0.25, 0.3) is 0 Å². The van der Waals surface area contributed by atoms with Crippen LogP contribution in [0.5, 0.6) is 0 Å². The largest absolute Gasteiger partial charge is 0.501 e. The highest BCUT2D eigenvalue weighted by Crippen LogP contribution is 2.09. The van der Waals surface area contributed by atoms with Gasteiger partial charge < -0.3 is 4.74 Å². The molecule has 2 nitrogen and oxygen atoms in total. The van der Waals surface area contributed by atoms with Crippen LogP contribution in [0.1, 0.15) is 20.3 Å². The van der Waals surface area contributed by atoms with Gasteiger partial charge in [0.05, 0.1) is 7.11 Å². The van der Waals surface area contributed by atoms with Crippen molar-refractivity contribution in [1.82, 2.24) is 0 Å². The van der Waals surface area contributed by atoms with E-state index in [0.717, 1.165) is 6.29 Å². The molecule has 0 spiro atoms. The fraction of sp³-hybridized carbons (Fsp3) is 0.444. The van der Waals surface area contributed by atoms with Gasteiger partial charge in [0.1, 0.15) is 12.0 Å². The number of aldehydes is 1. The maximum absolute atomic E-state index is 10.1. The molecule has 0 aliphatic carbocycles. The summed E-state index contributed by atoms with van der Waals surface area (Å²) >= 11 is 0. The molecule has 0 aliphatic heterocycles. The lowest BCUT2D eigenvalue weighted by molar-refractivity contribution is -0.104. The molecule has 62 valence electrons. The minimum atomic E-state index is 0.704. The Kier molecular flexibility index (Phi) is 5.17. The van der Waals surface area contributed by atoms with Gasteiger partial charge in [-0.1, -0.05) is 11.6 Å². The second-order valence-corrected chi connectivity index (χ2v) is 2.28. The lowest BCUT2D eigenvalue weighted by atomic mass is 10.2. The number of ether oxygens (including phenoxy) is 1. The Bertz CT molecular complexity index is 178. The van der Waals surface area contributed by atoms with Crippen molar-refractivity contribution in [3.63, 3.8) is 0 Å². The van der Waals surface area contributed by atoms with E-state index in [4.69, 9.17) is 4.74 Å². The molecule has 0 fully saturated rings. The van der Waals surface area contributed by atoms with E-state index in [0.29, 0.717) is 12.2 Å². The van der Waals surface area contributed by atoms with E-state index in [1.807, 2.05) is 19.9 Å². The Morgan fingerprint density at radius 2 is 2.18 bits per heavy atom. The number of hydrogen-bond donors (Lipinski definition) is 0. The Labute approximate surface area is 67.6 Å². The molecule has 0 unspecified atom stereocenters. The number of carbonyl (C=O) groups is 1. The molecule has 0 amide bonds. The molecule has 0 rings (SSSR count). The zero-order chi connectivity index (χ0) is 8.69. The van der Waals surface area contributed by atoms with Crippen LogP contribution in [-0.2, 0) is 9.53 Å². The first kappa shape index (κ1) is 9.95. The van der Waals surface area contributed by atoms with Crippen molar-refractivity contribution in [2.75, 3.05) is 7.11 Å². The molecule has 0 heterocycles. The van der Waals surface area contributed by atoms with E-state index in [1.54, 1.807) is 7.11 Å². The lowest BCUT2D eigenvalue weighted by Crippen LogP contribution is -1.88. The van der Waals surface area contributed by atoms with Crippen LogP contribution in [0.15, 0.2) is 23.5 Å². The third-order valence-electron chi connectivity index (χ3n) is 1.46. The Hall–Kier alpha value is -1.05. The number of methoxy groups -OCH3 is 1. The quantitative estimate of drug-likeness (QED) is 0.268. The highest BCUT2D eigenvalue weighted by Gasteiger charge is 1.95. The van der Waals surface area contributed by atoms with Gasteiger partial charge in [0.2, 0.25) is 0 Å². The summed E-state index contributed by atoms with van der Waals surface area (Å²) in [4.78, 5) is 10.1. The molecular formula is C9H14O2. The Balaban J connectivity index is 4.09. The molecule has 0 atom stereocenters. The first-order valence-electron chi connectivity index (χ1n) is 3.54. The smallest absolute Gasteiger partial charge is 0.146 e. The van der Waals surface area contributed by atoms with Crippen LogP contribution in [0, 0.1) is 0 Å². The summed E-state index contributed by atoms with van der Waals surface area (Å²) in [5.41, 5.74) is 1.19. The first-order chi connectivity index (χ1) is 5.24. The summed E-state index contributed by atoms with van der Waals surface area (Å²) in [6.45, 7) is 3.96. The predicted molar refractivity (Wildman–Crippen MR) is 45.2 cm³/mol. The Morgan fingerprint density at radius 3 is 2.55 bits per heavy atom. The van der Waals surface area contributed by atoms with Crippen molar-refractivity contribution < 1.29 is 9.53 Å². The van der Waals surface area contributed by atoms with Gasteiger partial charge in [-0.05, 0) is 13.8 Å². The molecular weight excluding hydrogens is 140 g/mol. The number of hydrogen-bond acceptors (Lipinski definition) is 2. The van der Waals surface area contributed by atoms with Gasteiger partial charge in [-0.3, -0.25) is 4.79 Å². The maximum Gasteiger partial charge on any atom is 0.146 e. The van der Waals surface area contributed by atoms with Crippen LogP contribution in [-0.4, -0.2) is 13.4 Å². The van der Waals surface area contributed by atoms with Crippen LogP contribution in [0.2, 0.25) is 0 Å². The van der Waals surface area contributed by atoms with Crippen LogP contribution in [0.3, 0.4) is 0 Å². The molecule has 0 radical (unpaired) electrons. The van der Waals surface area contributed by atoms with Crippen LogP contribution < -0.4 is 0 Å². The van der Waals surface area contributed by atoms with Crippen molar-refractivity contribution in [2.45, 2.75) is 20.3 Å². The molecule has 0 bridgehead atoms. The normalized spacial score (nSPS) is 13.0. The number of carbonyl (C=O) groups excluding carboxylic acids is 1. The van der Waals surface area contributed by atoms with Gasteiger partial charge in [0.25, 0.3) is 0 Å². The monoisotopic (exact) mass is 154 g/mol. The SMILES string of the molecule is C/C=C(/C)C/C(=C\C=O)OC. The average Bonchev–Trinajstić information content (AvgIpc) is 2.03. The van der Waals surface area contributed by atoms with E-state index < -0.39 is 0 Å². The topological polar surface area (TPSA) is 26.3 Å². The van der Waals surface area contributed by atoms with Gasteiger partial charge >= 0.3 is 0 Å².